The highest BCUT2D eigenvalue weighted by Gasteiger charge is 2.53. The molecule has 1 aromatic rings. The second kappa shape index (κ2) is 5.85. The fourth-order valence-electron chi connectivity index (χ4n) is 5.00. The quantitative estimate of drug-likeness (QED) is 0.902. The number of carbonyl (C=O) groups excluding carboxylic acids is 1. The number of aliphatic hydroxyl groups is 1. The molecule has 1 aromatic carbocycles. The van der Waals surface area contributed by atoms with E-state index in [1.165, 1.54) is 6.42 Å². The van der Waals surface area contributed by atoms with Crippen LogP contribution in [-0.4, -0.2) is 40.9 Å². The molecule has 1 atom stereocenters. The Balaban J connectivity index is 1.48. The number of ether oxygens (including phenoxy) is 1. The van der Waals surface area contributed by atoms with Gasteiger partial charge in [0.25, 0.3) is 0 Å². The minimum Gasteiger partial charge on any atom is -0.441 e. The minimum atomic E-state index is -0.295. The van der Waals surface area contributed by atoms with Gasteiger partial charge in [-0.1, -0.05) is 48.9 Å². The molecule has 5 rings (SSSR count). The van der Waals surface area contributed by atoms with Gasteiger partial charge in [0, 0.05) is 0 Å². The van der Waals surface area contributed by atoms with E-state index in [1.54, 1.807) is 0 Å². The molecule has 134 valence electrons. The number of fused-ring (bicyclic) bond motifs is 2. The summed E-state index contributed by atoms with van der Waals surface area (Å²) >= 11 is 0. The molecule has 1 amide bonds. The van der Waals surface area contributed by atoms with E-state index in [1.807, 2.05) is 23.1 Å². The Bertz CT molecular complexity index is 843. The monoisotopic (exact) mass is 349 g/mol. The Morgan fingerprint density at radius 1 is 1.12 bits per heavy atom. The summed E-state index contributed by atoms with van der Waals surface area (Å²) in [6, 6.07) is 10.1. The van der Waals surface area contributed by atoms with Crippen LogP contribution in [0.2, 0.25) is 0 Å². The summed E-state index contributed by atoms with van der Waals surface area (Å²) in [5.74, 6) is 0. The van der Waals surface area contributed by atoms with Crippen LogP contribution in [-0.2, 0) is 4.74 Å². The number of rotatable bonds is 3. The van der Waals surface area contributed by atoms with Crippen molar-refractivity contribution in [1.82, 2.24) is 4.90 Å². The zero-order valence-corrected chi connectivity index (χ0v) is 14.8. The van der Waals surface area contributed by atoms with Crippen LogP contribution in [0.3, 0.4) is 0 Å². The third-order valence-electron chi connectivity index (χ3n) is 6.28. The number of aliphatic hydroxyl groups excluding tert-OH is 1. The Kier molecular flexibility index (Phi) is 3.57. The summed E-state index contributed by atoms with van der Waals surface area (Å²) in [5.41, 5.74) is 5.04. The fraction of sp³-hybridized carbons (Fsp3) is 0.409. The normalized spacial score (nSPS) is 26.4. The van der Waals surface area contributed by atoms with Gasteiger partial charge in [-0.05, 0) is 53.5 Å². The number of hydrogen-bond acceptors (Lipinski definition) is 3. The average Bonchev–Trinajstić information content (AvgIpc) is 2.98. The molecule has 2 bridgehead atoms. The largest absolute Gasteiger partial charge is 0.441 e. The SMILES string of the molecule is O=C1OC2(CCCCC2)CN1C1c2ccc(-c3ccccc3)c1c2CO. The zero-order valence-electron chi connectivity index (χ0n) is 14.8. The Labute approximate surface area is 153 Å². The summed E-state index contributed by atoms with van der Waals surface area (Å²) < 4.78 is 5.89. The van der Waals surface area contributed by atoms with Crippen molar-refractivity contribution >= 4 is 11.7 Å². The molecule has 0 aromatic heterocycles. The van der Waals surface area contributed by atoms with Gasteiger partial charge in [0.1, 0.15) is 5.60 Å². The van der Waals surface area contributed by atoms with Crippen molar-refractivity contribution in [3.05, 3.63) is 64.8 Å². The highest BCUT2D eigenvalue weighted by Crippen LogP contribution is 2.51. The third-order valence-corrected chi connectivity index (χ3v) is 6.28. The van der Waals surface area contributed by atoms with Crippen LogP contribution >= 0.6 is 0 Å². The van der Waals surface area contributed by atoms with Gasteiger partial charge in [0.15, 0.2) is 0 Å². The van der Waals surface area contributed by atoms with E-state index < -0.39 is 0 Å². The van der Waals surface area contributed by atoms with E-state index in [2.05, 4.69) is 24.3 Å². The Hall–Kier alpha value is -2.33. The maximum atomic E-state index is 12.7. The average molecular weight is 349 g/mol. The van der Waals surface area contributed by atoms with E-state index in [4.69, 9.17) is 4.74 Å². The summed E-state index contributed by atoms with van der Waals surface area (Å²) in [6.45, 7) is 0.675. The van der Waals surface area contributed by atoms with E-state index in [0.29, 0.717) is 6.54 Å². The van der Waals surface area contributed by atoms with Gasteiger partial charge >= 0.3 is 6.09 Å². The Morgan fingerprint density at radius 2 is 1.88 bits per heavy atom. The lowest BCUT2D eigenvalue weighted by Crippen LogP contribution is -2.48. The molecule has 1 unspecified atom stereocenters. The number of carbonyl (C=O) groups is 1. The van der Waals surface area contributed by atoms with Gasteiger partial charge in [-0.25, -0.2) is 4.79 Å². The lowest BCUT2D eigenvalue weighted by molar-refractivity contribution is 0.0260. The van der Waals surface area contributed by atoms with Crippen LogP contribution in [0.1, 0.15) is 37.7 Å². The smallest absolute Gasteiger partial charge is 0.411 e. The molecule has 26 heavy (non-hydrogen) atoms. The molecular weight excluding hydrogens is 326 g/mol. The highest BCUT2D eigenvalue weighted by molar-refractivity contribution is 5.93. The molecule has 1 spiro atoms. The number of nitrogens with zero attached hydrogens (tertiary/aromatic N) is 1. The summed E-state index contributed by atoms with van der Waals surface area (Å²) in [7, 11) is 0. The van der Waals surface area contributed by atoms with Crippen molar-refractivity contribution in [1.29, 1.82) is 0 Å². The maximum Gasteiger partial charge on any atom is 0.411 e. The van der Waals surface area contributed by atoms with E-state index >= 15 is 0 Å². The van der Waals surface area contributed by atoms with Crippen LogP contribution in [0.4, 0.5) is 4.79 Å². The van der Waals surface area contributed by atoms with Gasteiger partial charge in [0.2, 0.25) is 0 Å². The molecule has 0 radical (unpaired) electrons. The van der Waals surface area contributed by atoms with Gasteiger partial charge in [-0.3, -0.25) is 4.90 Å². The van der Waals surface area contributed by atoms with Crippen LogP contribution in [0, 0.1) is 0 Å². The molecule has 2 fully saturated rings. The summed E-state index contributed by atoms with van der Waals surface area (Å²) in [4.78, 5) is 14.6. The fourth-order valence-corrected chi connectivity index (χ4v) is 5.00. The van der Waals surface area contributed by atoms with E-state index in [-0.39, 0.29) is 24.3 Å². The van der Waals surface area contributed by atoms with Gasteiger partial charge in [-0.2, -0.15) is 0 Å². The molecule has 1 saturated heterocycles. The number of amides is 1. The van der Waals surface area contributed by atoms with Crippen LogP contribution in [0.15, 0.2) is 59.2 Å². The second-order valence-corrected chi connectivity index (χ2v) is 7.76. The predicted octanol–water partition coefficient (Wildman–Crippen LogP) is 3.84. The standard InChI is InChI=1S/C22H23NO3/c24-13-18-17-10-9-16(15-7-3-1-4-8-15)19(18)20(17)23-14-22(26-21(23)25)11-5-2-6-12-22/h1,3-4,7-10,20,24H,2,5-6,11-14H2. The molecular formula is C22H23NO3. The van der Waals surface area contributed by atoms with E-state index in [0.717, 1.165) is 53.5 Å². The first-order valence-corrected chi connectivity index (χ1v) is 9.54. The second-order valence-electron chi connectivity index (χ2n) is 7.76. The number of allylic oxidation sites excluding steroid dienone is 2. The first-order chi connectivity index (χ1) is 12.7. The molecule has 4 aliphatic rings. The lowest BCUT2D eigenvalue weighted by atomic mass is 9.68. The van der Waals surface area contributed by atoms with Gasteiger partial charge in [-0.15, -0.1) is 0 Å². The van der Waals surface area contributed by atoms with Crippen molar-refractivity contribution in [2.24, 2.45) is 0 Å². The van der Waals surface area contributed by atoms with Gasteiger partial charge < -0.3 is 9.84 Å². The number of benzene rings is 1. The third kappa shape index (κ3) is 2.21. The molecule has 1 aliphatic heterocycles. The number of hydrogen-bond donors (Lipinski definition) is 1. The summed E-state index contributed by atoms with van der Waals surface area (Å²) in [5, 5.41) is 9.86. The van der Waals surface area contributed by atoms with Crippen molar-refractivity contribution in [3.8, 4) is 0 Å². The molecule has 1 N–H and O–H groups in total. The first-order valence-electron chi connectivity index (χ1n) is 9.54. The molecule has 1 saturated carbocycles. The van der Waals surface area contributed by atoms with Crippen molar-refractivity contribution in [3.63, 3.8) is 0 Å². The maximum absolute atomic E-state index is 12.7. The molecule has 4 nitrogen and oxygen atoms in total. The zero-order chi connectivity index (χ0) is 17.7. The van der Waals surface area contributed by atoms with Crippen molar-refractivity contribution in [2.45, 2.75) is 43.7 Å². The van der Waals surface area contributed by atoms with Crippen molar-refractivity contribution < 1.29 is 14.6 Å². The summed E-state index contributed by atoms with van der Waals surface area (Å²) in [6.07, 6.45) is 9.39. The van der Waals surface area contributed by atoms with Crippen LogP contribution < -0.4 is 0 Å². The molecule has 1 heterocycles. The minimum absolute atomic E-state index is 0.00979. The first kappa shape index (κ1) is 15.9. The van der Waals surface area contributed by atoms with Crippen LogP contribution in [0.5, 0.6) is 0 Å². The van der Waals surface area contributed by atoms with Crippen LogP contribution in [0.25, 0.3) is 5.57 Å². The molecule has 4 heteroatoms. The van der Waals surface area contributed by atoms with Crippen molar-refractivity contribution in [2.75, 3.05) is 13.2 Å². The van der Waals surface area contributed by atoms with E-state index in [9.17, 15) is 9.90 Å². The lowest BCUT2D eigenvalue weighted by Gasteiger charge is -2.44. The highest BCUT2D eigenvalue weighted by atomic mass is 16.6. The van der Waals surface area contributed by atoms with Gasteiger partial charge in [0.05, 0.1) is 19.2 Å². The topological polar surface area (TPSA) is 49.8 Å². The predicted molar refractivity (Wildman–Crippen MR) is 99.4 cm³/mol. The Morgan fingerprint density at radius 3 is 2.62 bits per heavy atom. The molecule has 3 aliphatic carbocycles.